The smallest absolute Gasteiger partial charge is 0.259 e. The van der Waals surface area contributed by atoms with Crippen molar-refractivity contribution in [2.75, 3.05) is 10.0 Å². The number of hydrogen-bond acceptors (Lipinski definition) is 2. The van der Waals surface area contributed by atoms with Crippen LogP contribution in [0.5, 0.6) is 0 Å². The van der Waals surface area contributed by atoms with Crippen LogP contribution in [0.1, 0.15) is 59.8 Å². The summed E-state index contributed by atoms with van der Waals surface area (Å²) in [6.07, 6.45) is 11.1. The van der Waals surface area contributed by atoms with Crippen LogP contribution in [0.25, 0.3) is 0 Å². The summed E-state index contributed by atoms with van der Waals surface area (Å²) in [5, 5.41) is 3.04. The first kappa shape index (κ1) is 25.2. The number of amides is 2. The van der Waals surface area contributed by atoms with Gasteiger partial charge in [-0.25, -0.2) is 10.0 Å². The van der Waals surface area contributed by atoms with E-state index in [0.29, 0.717) is 17.8 Å². The van der Waals surface area contributed by atoms with Crippen molar-refractivity contribution in [3.05, 3.63) is 95.6 Å². The van der Waals surface area contributed by atoms with Crippen molar-refractivity contribution in [2.45, 2.75) is 59.8 Å². The van der Waals surface area contributed by atoms with Crippen LogP contribution in [0.15, 0.2) is 95.6 Å². The molecule has 0 bridgehead atoms. The third kappa shape index (κ3) is 6.57. The normalized spacial score (nSPS) is 15.3. The first-order valence-corrected chi connectivity index (χ1v) is 12.1. The first-order valence-electron chi connectivity index (χ1n) is 12.1. The standard InChI is InChI=1S/C30H36N2O2/c1-23(2)13-11-14-24(3)15-12-16-25(4)21-22-28-29(33)31(26-17-7-5-8-18-26)32(30(28)34)27-19-9-6-10-20-27/h5-10,13,15,17-21,28H,11-12,14,16,22H2,1-4H3/b24-15+,25-21+. The van der Waals surface area contributed by atoms with E-state index in [2.05, 4.69) is 45.9 Å². The van der Waals surface area contributed by atoms with E-state index in [0.717, 1.165) is 25.7 Å². The van der Waals surface area contributed by atoms with Gasteiger partial charge in [0.2, 0.25) is 0 Å². The minimum atomic E-state index is -0.711. The van der Waals surface area contributed by atoms with Gasteiger partial charge in [-0.05, 0) is 84.1 Å². The minimum Gasteiger partial charge on any atom is -0.272 e. The van der Waals surface area contributed by atoms with E-state index in [1.807, 2.05) is 60.7 Å². The molecule has 0 radical (unpaired) electrons. The molecule has 0 aliphatic carbocycles. The Morgan fingerprint density at radius 2 is 1.12 bits per heavy atom. The molecule has 0 aromatic heterocycles. The number of benzene rings is 2. The van der Waals surface area contributed by atoms with Crippen molar-refractivity contribution in [1.82, 2.24) is 0 Å². The Labute approximate surface area is 204 Å². The SMILES string of the molecule is CC(C)=CCC/C(C)=C/CC/C(C)=C/CC1C(=O)N(c2ccccc2)N(c2ccccc2)C1=O. The molecule has 0 unspecified atom stereocenters. The quantitative estimate of drug-likeness (QED) is 0.276. The zero-order valence-electron chi connectivity index (χ0n) is 20.8. The molecule has 2 aromatic rings. The molecule has 2 amide bonds. The average molecular weight is 457 g/mol. The van der Waals surface area contributed by atoms with Crippen LogP contribution in [-0.2, 0) is 9.59 Å². The highest BCUT2D eigenvalue weighted by Crippen LogP contribution is 2.33. The Kier molecular flexibility index (Phi) is 9.03. The molecule has 1 saturated heterocycles. The number of hydrogen-bond donors (Lipinski definition) is 0. The molecule has 34 heavy (non-hydrogen) atoms. The zero-order chi connectivity index (χ0) is 24.5. The molecule has 0 atom stereocenters. The summed E-state index contributed by atoms with van der Waals surface area (Å²) < 4.78 is 0. The van der Waals surface area contributed by atoms with Crippen LogP contribution in [-0.4, -0.2) is 11.8 Å². The van der Waals surface area contributed by atoms with Gasteiger partial charge in [0.1, 0.15) is 5.92 Å². The summed E-state index contributed by atoms with van der Waals surface area (Å²) >= 11 is 0. The van der Waals surface area contributed by atoms with E-state index in [1.165, 1.54) is 26.7 Å². The highest BCUT2D eigenvalue weighted by atomic mass is 16.2. The number of para-hydroxylation sites is 2. The van der Waals surface area contributed by atoms with Crippen LogP contribution in [0.4, 0.5) is 11.4 Å². The predicted octanol–water partition coefficient (Wildman–Crippen LogP) is 7.41. The van der Waals surface area contributed by atoms with Gasteiger partial charge >= 0.3 is 0 Å². The lowest BCUT2D eigenvalue weighted by Crippen LogP contribution is -2.41. The molecule has 1 aliphatic heterocycles. The monoisotopic (exact) mass is 456 g/mol. The first-order chi connectivity index (χ1) is 16.4. The van der Waals surface area contributed by atoms with Crippen molar-refractivity contribution in [3.63, 3.8) is 0 Å². The van der Waals surface area contributed by atoms with Gasteiger partial charge in [0, 0.05) is 0 Å². The summed E-state index contributed by atoms with van der Waals surface area (Å²) in [5.41, 5.74) is 5.37. The van der Waals surface area contributed by atoms with E-state index in [1.54, 1.807) is 0 Å². The van der Waals surface area contributed by atoms with E-state index in [4.69, 9.17) is 0 Å². The van der Waals surface area contributed by atoms with Crippen LogP contribution in [0, 0.1) is 5.92 Å². The van der Waals surface area contributed by atoms with Gasteiger partial charge in [0.25, 0.3) is 11.8 Å². The van der Waals surface area contributed by atoms with E-state index < -0.39 is 5.92 Å². The van der Waals surface area contributed by atoms with Crippen molar-refractivity contribution < 1.29 is 9.59 Å². The number of nitrogens with zero attached hydrogens (tertiary/aromatic N) is 2. The highest BCUT2D eigenvalue weighted by Gasteiger charge is 2.46. The number of carbonyl (C=O) groups is 2. The van der Waals surface area contributed by atoms with Crippen LogP contribution in [0.3, 0.4) is 0 Å². The molecule has 3 rings (SSSR count). The lowest BCUT2D eigenvalue weighted by atomic mass is 10.0. The third-order valence-corrected chi connectivity index (χ3v) is 6.04. The number of hydrazine groups is 1. The van der Waals surface area contributed by atoms with Crippen LogP contribution in [0.2, 0.25) is 0 Å². The molecule has 0 N–H and O–H groups in total. The van der Waals surface area contributed by atoms with Crippen LogP contribution < -0.4 is 10.0 Å². The van der Waals surface area contributed by atoms with E-state index in [9.17, 15) is 9.59 Å². The number of carbonyl (C=O) groups excluding carboxylic acids is 2. The Morgan fingerprint density at radius 3 is 1.59 bits per heavy atom. The fraction of sp³-hybridized carbons (Fsp3) is 0.333. The van der Waals surface area contributed by atoms with Gasteiger partial charge in [-0.3, -0.25) is 9.59 Å². The minimum absolute atomic E-state index is 0.181. The Morgan fingerprint density at radius 1 is 0.676 bits per heavy atom. The fourth-order valence-corrected chi connectivity index (χ4v) is 4.08. The van der Waals surface area contributed by atoms with Gasteiger partial charge in [-0.2, -0.15) is 0 Å². The summed E-state index contributed by atoms with van der Waals surface area (Å²) in [5.74, 6) is -1.07. The highest BCUT2D eigenvalue weighted by molar-refractivity contribution is 6.23. The van der Waals surface area contributed by atoms with Crippen molar-refractivity contribution >= 4 is 23.2 Å². The molecule has 4 heteroatoms. The molecule has 2 aromatic carbocycles. The lowest BCUT2D eigenvalue weighted by Gasteiger charge is -2.27. The molecular formula is C30H36N2O2. The molecule has 1 fully saturated rings. The second-order valence-electron chi connectivity index (χ2n) is 9.22. The molecule has 1 heterocycles. The molecule has 0 saturated carbocycles. The van der Waals surface area contributed by atoms with Crippen LogP contribution >= 0.6 is 0 Å². The Balaban J connectivity index is 1.68. The average Bonchev–Trinajstić information content (AvgIpc) is 3.08. The maximum atomic E-state index is 13.4. The van der Waals surface area contributed by atoms with Gasteiger partial charge in [0.05, 0.1) is 11.4 Å². The van der Waals surface area contributed by atoms with E-state index >= 15 is 0 Å². The topological polar surface area (TPSA) is 40.6 Å². The van der Waals surface area contributed by atoms with Gasteiger partial charge in [-0.15, -0.1) is 0 Å². The van der Waals surface area contributed by atoms with Gasteiger partial charge in [0.15, 0.2) is 0 Å². The lowest BCUT2D eigenvalue weighted by molar-refractivity contribution is -0.126. The summed E-state index contributed by atoms with van der Waals surface area (Å²) in [6, 6.07) is 18.7. The second-order valence-corrected chi connectivity index (χ2v) is 9.22. The predicted molar refractivity (Wildman–Crippen MR) is 141 cm³/mol. The van der Waals surface area contributed by atoms with Crippen molar-refractivity contribution in [3.8, 4) is 0 Å². The fourth-order valence-electron chi connectivity index (χ4n) is 4.08. The largest absolute Gasteiger partial charge is 0.272 e. The summed E-state index contributed by atoms with van der Waals surface area (Å²) in [7, 11) is 0. The Hall–Kier alpha value is -3.40. The zero-order valence-corrected chi connectivity index (χ0v) is 20.8. The van der Waals surface area contributed by atoms with Crippen molar-refractivity contribution in [1.29, 1.82) is 0 Å². The Bertz CT molecular complexity index is 1010. The summed E-state index contributed by atoms with van der Waals surface area (Å²) in [4.78, 5) is 26.8. The molecule has 178 valence electrons. The van der Waals surface area contributed by atoms with Gasteiger partial charge in [-0.1, -0.05) is 71.3 Å². The number of anilines is 2. The molecule has 1 aliphatic rings. The molecule has 4 nitrogen and oxygen atoms in total. The second kappa shape index (κ2) is 12.2. The molecule has 0 spiro atoms. The number of rotatable bonds is 10. The third-order valence-electron chi connectivity index (χ3n) is 6.04. The number of allylic oxidation sites excluding steroid dienone is 6. The molecular weight excluding hydrogens is 420 g/mol. The van der Waals surface area contributed by atoms with E-state index in [-0.39, 0.29) is 11.8 Å². The maximum absolute atomic E-state index is 13.4. The summed E-state index contributed by atoms with van der Waals surface area (Å²) in [6.45, 7) is 8.53. The maximum Gasteiger partial charge on any atom is 0.259 e. The van der Waals surface area contributed by atoms with Crippen molar-refractivity contribution in [2.24, 2.45) is 5.92 Å². The van der Waals surface area contributed by atoms with Gasteiger partial charge < -0.3 is 0 Å².